The average Bonchev–Trinajstić information content (AvgIpc) is 3.33. The molecule has 2 aromatic carbocycles. The summed E-state index contributed by atoms with van der Waals surface area (Å²) in [5.74, 6) is 2.32. The first-order valence-corrected chi connectivity index (χ1v) is 7.30. The maximum absolute atomic E-state index is 5.30. The fourth-order valence-corrected chi connectivity index (χ4v) is 2.71. The molecule has 0 spiro atoms. The molecule has 2 aromatic rings. The van der Waals surface area contributed by atoms with Crippen molar-refractivity contribution >= 4 is 0 Å². The van der Waals surface area contributed by atoms with Gasteiger partial charge in [-0.1, -0.05) is 30.3 Å². The Morgan fingerprint density at radius 2 is 1.67 bits per heavy atom. The molecule has 1 aliphatic carbocycles. The van der Waals surface area contributed by atoms with Crippen LogP contribution < -0.4 is 14.8 Å². The molecule has 0 radical (unpaired) electrons. The molecule has 2 unspecified atom stereocenters. The highest BCUT2D eigenvalue weighted by molar-refractivity contribution is 5.38. The number of rotatable bonds is 6. The number of nitrogens with one attached hydrogen (secondary N) is 1. The van der Waals surface area contributed by atoms with Crippen molar-refractivity contribution in [3.05, 3.63) is 59.7 Å². The van der Waals surface area contributed by atoms with E-state index in [2.05, 4.69) is 47.8 Å². The van der Waals surface area contributed by atoms with Crippen molar-refractivity contribution < 1.29 is 9.47 Å². The molecule has 0 aromatic heterocycles. The van der Waals surface area contributed by atoms with Crippen LogP contribution in [0.4, 0.5) is 0 Å². The quantitative estimate of drug-likeness (QED) is 0.882. The maximum Gasteiger partial charge on any atom is 0.122 e. The Morgan fingerprint density at radius 1 is 1.00 bits per heavy atom. The highest BCUT2D eigenvalue weighted by Crippen LogP contribution is 2.40. The fraction of sp³-hybridized carbons (Fsp3) is 0.333. The summed E-state index contributed by atoms with van der Waals surface area (Å²) >= 11 is 0. The summed E-state index contributed by atoms with van der Waals surface area (Å²) < 4.78 is 10.6. The first kappa shape index (κ1) is 14.0. The van der Waals surface area contributed by atoms with Gasteiger partial charge in [-0.25, -0.2) is 0 Å². The van der Waals surface area contributed by atoms with Crippen molar-refractivity contribution in [3.63, 3.8) is 0 Å². The highest BCUT2D eigenvalue weighted by atomic mass is 16.5. The van der Waals surface area contributed by atoms with Gasteiger partial charge in [0.1, 0.15) is 11.5 Å². The molecule has 0 saturated heterocycles. The molecule has 1 N–H and O–H groups in total. The van der Waals surface area contributed by atoms with Gasteiger partial charge in [0.15, 0.2) is 0 Å². The molecule has 3 rings (SSSR count). The highest BCUT2D eigenvalue weighted by Gasteiger charge is 2.37. The molecule has 3 heteroatoms. The molecule has 3 nitrogen and oxygen atoms in total. The van der Waals surface area contributed by atoms with Crippen molar-refractivity contribution in [2.45, 2.75) is 24.9 Å². The van der Waals surface area contributed by atoms with Gasteiger partial charge in [-0.15, -0.1) is 0 Å². The summed E-state index contributed by atoms with van der Waals surface area (Å²) in [6.07, 6.45) is 1.21. The van der Waals surface area contributed by atoms with Crippen LogP contribution in [-0.4, -0.2) is 20.3 Å². The van der Waals surface area contributed by atoms with Crippen LogP contribution >= 0.6 is 0 Å². The van der Waals surface area contributed by atoms with E-state index in [-0.39, 0.29) is 0 Å². The van der Waals surface area contributed by atoms with Gasteiger partial charge >= 0.3 is 0 Å². The molecular formula is C18H21NO2. The molecule has 0 heterocycles. The van der Waals surface area contributed by atoms with E-state index in [0.717, 1.165) is 18.0 Å². The van der Waals surface area contributed by atoms with Gasteiger partial charge in [-0.05, 0) is 29.7 Å². The van der Waals surface area contributed by atoms with Crippen LogP contribution in [0, 0.1) is 0 Å². The van der Waals surface area contributed by atoms with Crippen LogP contribution in [0.2, 0.25) is 0 Å². The van der Waals surface area contributed by atoms with Crippen LogP contribution in [0.1, 0.15) is 23.5 Å². The second-order valence-corrected chi connectivity index (χ2v) is 5.46. The second-order valence-electron chi connectivity index (χ2n) is 5.46. The van der Waals surface area contributed by atoms with E-state index >= 15 is 0 Å². The average molecular weight is 283 g/mol. The van der Waals surface area contributed by atoms with Gasteiger partial charge in [0.2, 0.25) is 0 Å². The summed E-state index contributed by atoms with van der Waals surface area (Å²) in [7, 11) is 3.36. The molecule has 2 atom stereocenters. The molecule has 1 aliphatic rings. The summed E-state index contributed by atoms with van der Waals surface area (Å²) in [5.41, 5.74) is 2.61. The third-order valence-corrected chi connectivity index (χ3v) is 4.00. The summed E-state index contributed by atoms with van der Waals surface area (Å²) in [4.78, 5) is 0. The largest absolute Gasteiger partial charge is 0.497 e. The summed E-state index contributed by atoms with van der Waals surface area (Å²) in [6, 6.07) is 17.3. The minimum atomic E-state index is 0.574. The normalized spacial score (nSPS) is 20.1. The van der Waals surface area contributed by atoms with Gasteiger partial charge in [-0.2, -0.15) is 0 Å². The zero-order chi connectivity index (χ0) is 14.7. The number of methoxy groups -OCH3 is 2. The van der Waals surface area contributed by atoms with Crippen molar-refractivity contribution in [1.82, 2.24) is 5.32 Å². The Labute approximate surface area is 125 Å². The number of ether oxygens (including phenoxy) is 2. The molecule has 1 saturated carbocycles. The lowest BCUT2D eigenvalue weighted by Gasteiger charge is -2.09. The van der Waals surface area contributed by atoms with Gasteiger partial charge in [-0.3, -0.25) is 0 Å². The van der Waals surface area contributed by atoms with E-state index in [9.17, 15) is 0 Å². The zero-order valence-electron chi connectivity index (χ0n) is 12.5. The van der Waals surface area contributed by atoms with E-state index < -0.39 is 0 Å². The summed E-state index contributed by atoms with van der Waals surface area (Å²) in [6.45, 7) is 0.835. The Kier molecular flexibility index (Phi) is 4.11. The molecule has 21 heavy (non-hydrogen) atoms. The lowest BCUT2D eigenvalue weighted by Crippen LogP contribution is -2.17. The zero-order valence-corrected chi connectivity index (χ0v) is 12.5. The van der Waals surface area contributed by atoms with E-state index in [1.165, 1.54) is 17.5 Å². The van der Waals surface area contributed by atoms with Crippen LogP contribution in [0.25, 0.3) is 0 Å². The SMILES string of the molecule is COc1cc(CNC2CC2c2ccccc2)cc(OC)c1. The second kappa shape index (κ2) is 6.19. The predicted octanol–water partition coefficient (Wildman–Crippen LogP) is 3.35. The van der Waals surface area contributed by atoms with Crippen molar-refractivity contribution in [1.29, 1.82) is 0 Å². The molecule has 110 valence electrons. The molecule has 1 fully saturated rings. The number of hydrogen-bond donors (Lipinski definition) is 1. The Hall–Kier alpha value is -2.00. The Balaban J connectivity index is 1.59. The first-order chi connectivity index (χ1) is 10.3. The Morgan fingerprint density at radius 3 is 2.29 bits per heavy atom. The van der Waals surface area contributed by atoms with Crippen molar-refractivity contribution in [2.24, 2.45) is 0 Å². The van der Waals surface area contributed by atoms with E-state index in [1.807, 2.05) is 6.07 Å². The van der Waals surface area contributed by atoms with Crippen LogP contribution in [0.3, 0.4) is 0 Å². The first-order valence-electron chi connectivity index (χ1n) is 7.30. The lowest BCUT2D eigenvalue weighted by atomic mass is 10.1. The number of hydrogen-bond acceptors (Lipinski definition) is 3. The predicted molar refractivity (Wildman–Crippen MR) is 84.0 cm³/mol. The van der Waals surface area contributed by atoms with Crippen LogP contribution in [-0.2, 0) is 6.54 Å². The van der Waals surface area contributed by atoms with Crippen LogP contribution in [0.15, 0.2) is 48.5 Å². The van der Waals surface area contributed by atoms with Gasteiger partial charge < -0.3 is 14.8 Å². The standard InChI is InChI=1S/C18H21NO2/c1-20-15-8-13(9-16(10-15)21-2)12-19-18-11-17(18)14-6-4-3-5-7-14/h3-10,17-19H,11-12H2,1-2H3. The van der Waals surface area contributed by atoms with E-state index in [4.69, 9.17) is 9.47 Å². The smallest absolute Gasteiger partial charge is 0.122 e. The lowest BCUT2D eigenvalue weighted by molar-refractivity contribution is 0.393. The maximum atomic E-state index is 5.30. The third kappa shape index (κ3) is 3.37. The van der Waals surface area contributed by atoms with Gasteiger partial charge in [0, 0.05) is 24.6 Å². The fourth-order valence-electron chi connectivity index (χ4n) is 2.71. The molecule has 0 aliphatic heterocycles. The van der Waals surface area contributed by atoms with Gasteiger partial charge in [0.25, 0.3) is 0 Å². The monoisotopic (exact) mass is 283 g/mol. The van der Waals surface area contributed by atoms with Crippen molar-refractivity contribution in [2.75, 3.05) is 14.2 Å². The molecule has 0 bridgehead atoms. The van der Waals surface area contributed by atoms with Crippen LogP contribution in [0.5, 0.6) is 11.5 Å². The Bertz CT molecular complexity index is 575. The minimum Gasteiger partial charge on any atom is -0.497 e. The van der Waals surface area contributed by atoms with Gasteiger partial charge in [0.05, 0.1) is 14.2 Å². The topological polar surface area (TPSA) is 30.5 Å². The minimum absolute atomic E-state index is 0.574. The van der Waals surface area contributed by atoms with Crippen molar-refractivity contribution in [3.8, 4) is 11.5 Å². The molecular weight excluding hydrogens is 262 g/mol. The van der Waals surface area contributed by atoms with E-state index in [1.54, 1.807) is 14.2 Å². The third-order valence-electron chi connectivity index (χ3n) is 4.00. The number of benzene rings is 2. The van der Waals surface area contributed by atoms with E-state index in [0.29, 0.717) is 12.0 Å². The summed E-state index contributed by atoms with van der Waals surface area (Å²) in [5, 5.41) is 3.61. The molecule has 0 amide bonds.